The van der Waals surface area contributed by atoms with E-state index in [4.69, 9.17) is 0 Å². The first-order chi connectivity index (χ1) is 16.4. The van der Waals surface area contributed by atoms with Crippen LogP contribution in [0.5, 0.6) is 0 Å². The van der Waals surface area contributed by atoms with Gasteiger partial charge < -0.3 is 10.2 Å². The van der Waals surface area contributed by atoms with Crippen LogP contribution in [-0.2, 0) is 23.8 Å². The van der Waals surface area contributed by atoms with Gasteiger partial charge in [-0.25, -0.2) is 0 Å². The van der Waals surface area contributed by atoms with Crippen molar-refractivity contribution in [2.75, 3.05) is 31.1 Å². The highest BCUT2D eigenvalue weighted by Crippen LogP contribution is 2.40. The van der Waals surface area contributed by atoms with E-state index in [1.807, 2.05) is 18.2 Å². The fraction of sp³-hybridized carbons (Fsp3) is 0.538. The van der Waals surface area contributed by atoms with Gasteiger partial charge >= 0.3 is 6.18 Å². The molecule has 5 nitrogen and oxygen atoms in total. The van der Waals surface area contributed by atoms with Gasteiger partial charge in [0, 0.05) is 56.2 Å². The summed E-state index contributed by atoms with van der Waals surface area (Å²) in [5, 5.41) is 3.05. The van der Waals surface area contributed by atoms with E-state index in [0.29, 0.717) is 31.0 Å². The summed E-state index contributed by atoms with van der Waals surface area (Å²) < 4.78 is 40.2. The maximum absolute atomic E-state index is 13.4. The molecule has 5 rings (SSSR count). The molecule has 1 N–H and O–H groups in total. The summed E-state index contributed by atoms with van der Waals surface area (Å²) in [7, 11) is 0. The molecule has 0 radical (unpaired) electrons. The Morgan fingerprint density at radius 1 is 1.12 bits per heavy atom. The van der Waals surface area contributed by atoms with Crippen molar-refractivity contribution >= 4 is 11.6 Å². The molecule has 2 fully saturated rings. The van der Waals surface area contributed by atoms with E-state index in [2.05, 4.69) is 20.1 Å². The third-order valence-corrected chi connectivity index (χ3v) is 7.65. The number of carbonyl (C=O) groups excluding carboxylic acids is 1. The summed E-state index contributed by atoms with van der Waals surface area (Å²) in [5.41, 5.74) is 1.72. The lowest BCUT2D eigenvalue weighted by atomic mass is 9.82. The molecule has 1 aromatic carbocycles. The van der Waals surface area contributed by atoms with Crippen molar-refractivity contribution in [3.8, 4) is 0 Å². The van der Waals surface area contributed by atoms with Gasteiger partial charge in [-0.2, -0.15) is 13.2 Å². The van der Waals surface area contributed by atoms with Crippen LogP contribution < -0.4 is 10.2 Å². The molecule has 0 unspecified atom stereocenters. The molecule has 1 aliphatic carbocycles. The SMILES string of the molecule is O=C(NCCc1ccccn1)[C@H]1Cc2cc(C(F)(F)F)ccc2N2CCN(C3CCCC3)C[C@@H]12. The predicted octanol–water partition coefficient (Wildman–Crippen LogP) is 4.06. The Hall–Kier alpha value is -2.61. The Kier molecular flexibility index (Phi) is 6.51. The van der Waals surface area contributed by atoms with Crippen LogP contribution in [0.3, 0.4) is 0 Å². The Bertz CT molecular complexity index is 1010. The van der Waals surface area contributed by atoms with Crippen LogP contribution >= 0.6 is 0 Å². The summed E-state index contributed by atoms with van der Waals surface area (Å²) in [6.07, 6.45) is 3.16. The van der Waals surface area contributed by atoms with Crippen molar-refractivity contribution in [2.45, 2.75) is 56.8 Å². The van der Waals surface area contributed by atoms with Gasteiger partial charge in [-0.1, -0.05) is 18.9 Å². The second kappa shape index (κ2) is 9.56. The van der Waals surface area contributed by atoms with Gasteiger partial charge in [0.1, 0.15) is 0 Å². The average molecular weight is 473 g/mol. The van der Waals surface area contributed by atoms with Crippen molar-refractivity contribution in [3.05, 3.63) is 59.4 Å². The lowest BCUT2D eigenvalue weighted by Crippen LogP contribution is -2.62. The molecule has 3 aliphatic rings. The molecule has 0 bridgehead atoms. The highest BCUT2D eigenvalue weighted by molar-refractivity contribution is 5.82. The molecular formula is C26H31F3N4O. The van der Waals surface area contributed by atoms with Crippen LogP contribution in [0.1, 0.15) is 42.5 Å². The molecule has 8 heteroatoms. The fourth-order valence-electron chi connectivity index (χ4n) is 5.91. The number of anilines is 1. The van der Waals surface area contributed by atoms with Crippen LogP contribution in [0.15, 0.2) is 42.6 Å². The van der Waals surface area contributed by atoms with E-state index >= 15 is 0 Å². The first-order valence-electron chi connectivity index (χ1n) is 12.3. The smallest absolute Gasteiger partial charge is 0.365 e. The molecule has 3 heterocycles. The first-order valence-corrected chi connectivity index (χ1v) is 12.3. The number of alkyl halides is 3. The Labute approximate surface area is 198 Å². The summed E-state index contributed by atoms with van der Waals surface area (Å²) in [5.74, 6) is -0.466. The lowest BCUT2D eigenvalue weighted by molar-refractivity contribution is -0.137. The lowest BCUT2D eigenvalue weighted by Gasteiger charge is -2.50. The predicted molar refractivity (Wildman–Crippen MR) is 125 cm³/mol. The summed E-state index contributed by atoms with van der Waals surface area (Å²) in [6, 6.07) is 10.2. The molecule has 2 atom stereocenters. The molecule has 1 aromatic heterocycles. The van der Waals surface area contributed by atoms with E-state index in [0.717, 1.165) is 31.0 Å². The van der Waals surface area contributed by atoms with Crippen molar-refractivity contribution in [1.82, 2.24) is 15.2 Å². The maximum atomic E-state index is 13.4. The Morgan fingerprint density at radius 2 is 1.94 bits per heavy atom. The second-order valence-corrected chi connectivity index (χ2v) is 9.71. The zero-order valence-electron chi connectivity index (χ0n) is 19.2. The van der Waals surface area contributed by atoms with Crippen LogP contribution in [0.25, 0.3) is 0 Å². The molecule has 34 heavy (non-hydrogen) atoms. The molecule has 2 aliphatic heterocycles. The van der Waals surface area contributed by atoms with E-state index < -0.39 is 11.7 Å². The minimum atomic E-state index is -4.40. The van der Waals surface area contributed by atoms with Gasteiger partial charge in [0.05, 0.1) is 17.5 Å². The van der Waals surface area contributed by atoms with E-state index in [9.17, 15) is 18.0 Å². The topological polar surface area (TPSA) is 48.5 Å². The minimum Gasteiger partial charge on any atom is -0.365 e. The Balaban J connectivity index is 1.37. The number of hydrogen-bond acceptors (Lipinski definition) is 4. The molecule has 2 aromatic rings. The molecule has 1 saturated carbocycles. The summed E-state index contributed by atoms with van der Waals surface area (Å²) in [4.78, 5) is 22.4. The molecular weight excluding hydrogens is 441 g/mol. The van der Waals surface area contributed by atoms with Gasteiger partial charge in [0.25, 0.3) is 0 Å². The normalized spacial score (nSPS) is 23.4. The molecule has 1 saturated heterocycles. The van der Waals surface area contributed by atoms with E-state index in [1.165, 1.54) is 37.8 Å². The fourth-order valence-corrected chi connectivity index (χ4v) is 5.91. The number of nitrogens with one attached hydrogen (secondary N) is 1. The number of amides is 1. The maximum Gasteiger partial charge on any atom is 0.416 e. The van der Waals surface area contributed by atoms with Gasteiger partial charge in [-0.05, 0) is 55.2 Å². The number of rotatable bonds is 5. The third-order valence-electron chi connectivity index (χ3n) is 7.65. The summed E-state index contributed by atoms with van der Waals surface area (Å²) >= 11 is 0. The van der Waals surface area contributed by atoms with Crippen LogP contribution in [-0.4, -0.2) is 54.1 Å². The number of fused-ring (bicyclic) bond motifs is 3. The number of carbonyl (C=O) groups is 1. The zero-order chi connectivity index (χ0) is 23.7. The van der Waals surface area contributed by atoms with Crippen molar-refractivity contribution in [3.63, 3.8) is 0 Å². The molecule has 182 valence electrons. The average Bonchev–Trinajstić information content (AvgIpc) is 3.38. The van der Waals surface area contributed by atoms with E-state index in [-0.39, 0.29) is 17.9 Å². The standard InChI is InChI=1S/C26H31F3N4O/c27-26(28,29)19-8-9-23-18(15-19)16-22(25(34)31-12-10-20-5-3-4-11-30-20)24-17-32(13-14-33(23)24)21-6-1-2-7-21/h3-5,8-9,11,15,21-22,24H,1-2,6-7,10,12-14,16-17H2,(H,31,34)/t22-,24-/m0/s1. The van der Waals surface area contributed by atoms with Crippen molar-refractivity contribution in [2.24, 2.45) is 5.92 Å². The largest absolute Gasteiger partial charge is 0.416 e. The highest BCUT2D eigenvalue weighted by atomic mass is 19.4. The number of aromatic nitrogens is 1. The quantitative estimate of drug-likeness (QED) is 0.713. The van der Waals surface area contributed by atoms with Crippen LogP contribution in [0.4, 0.5) is 18.9 Å². The van der Waals surface area contributed by atoms with E-state index in [1.54, 1.807) is 12.3 Å². The molecule has 0 spiro atoms. The number of pyridine rings is 1. The van der Waals surface area contributed by atoms with Gasteiger partial charge in [0.15, 0.2) is 0 Å². The van der Waals surface area contributed by atoms with Gasteiger partial charge in [0.2, 0.25) is 5.91 Å². The monoisotopic (exact) mass is 472 g/mol. The molecule has 1 amide bonds. The number of nitrogens with zero attached hydrogens (tertiary/aromatic N) is 3. The zero-order valence-corrected chi connectivity index (χ0v) is 19.2. The first kappa shape index (κ1) is 23.1. The summed E-state index contributed by atoms with van der Waals surface area (Å²) in [6.45, 7) is 2.86. The number of benzene rings is 1. The Morgan fingerprint density at radius 3 is 2.68 bits per heavy atom. The van der Waals surface area contributed by atoms with Crippen LogP contribution in [0, 0.1) is 5.92 Å². The second-order valence-electron chi connectivity index (χ2n) is 9.71. The highest BCUT2D eigenvalue weighted by Gasteiger charge is 2.43. The number of piperazine rings is 1. The number of halogens is 3. The number of hydrogen-bond donors (Lipinski definition) is 1. The van der Waals surface area contributed by atoms with Gasteiger partial charge in [-0.3, -0.25) is 14.7 Å². The van der Waals surface area contributed by atoms with Crippen LogP contribution in [0.2, 0.25) is 0 Å². The van der Waals surface area contributed by atoms with Crippen molar-refractivity contribution < 1.29 is 18.0 Å². The van der Waals surface area contributed by atoms with Crippen molar-refractivity contribution in [1.29, 1.82) is 0 Å². The third kappa shape index (κ3) is 4.78. The minimum absolute atomic E-state index is 0.0339. The van der Waals surface area contributed by atoms with Gasteiger partial charge in [-0.15, -0.1) is 0 Å².